The summed E-state index contributed by atoms with van der Waals surface area (Å²) < 4.78 is 27.7. The van der Waals surface area contributed by atoms with Crippen molar-refractivity contribution in [3.05, 3.63) is 42.5 Å². The highest BCUT2D eigenvalue weighted by atomic mass is 32.2. The number of carbonyl (C=O) groups excluding carboxylic acids is 1. The molecule has 2 aromatic carbocycles. The number of fused-ring (bicyclic) bond motifs is 1. The first-order chi connectivity index (χ1) is 12.4. The second-order valence-electron chi connectivity index (χ2n) is 5.53. The first-order valence-corrected chi connectivity index (χ1v) is 10.1. The number of hydrogen-bond donors (Lipinski definition) is 3. The van der Waals surface area contributed by atoms with Gasteiger partial charge in [0.05, 0.1) is 21.7 Å². The van der Waals surface area contributed by atoms with Crippen LogP contribution in [0.1, 0.15) is 6.92 Å². The van der Waals surface area contributed by atoms with Gasteiger partial charge in [0.2, 0.25) is 15.9 Å². The van der Waals surface area contributed by atoms with Gasteiger partial charge in [-0.15, -0.1) is 0 Å². The van der Waals surface area contributed by atoms with Crippen LogP contribution >= 0.6 is 11.3 Å². The van der Waals surface area contributed by atoms with Gasteiger partial charge in [0.1, 0.15) is 0 Å². The van der Waals surface area contributed by atoms with Crippen molar-refractivity contribution in [1.82, 2.24) is 9.71 Å². The van der Waals surface area contributed by atoms with Crippen molar-refractivity contribution in [3.63, 3.8) is 0 Å². The molecule has 0 atom stereocenters. The molecule has 1 aromatic heterocycles. The largest absolute Gasteiger partial charge is 0.395 e. The van der Waals surface area contributed by atoms with Gasteiger partial charge < -0.3 is 10.4 Å². The molecule has 0 aliphatic carbocycles. The second kappa shape index (κ2) is 7.50. The van der Waals surface area contributed by atoms with Crippen LogP contribution < -0.4 is 10.0 Å². The van der Waals surface area contributed by atoms with Crippen LogP contribution in [0.15, 0.2) is 47.4 Å². The Morgan fingerprint density at radius 1 is 1.19 bits per heavy atom. The fourth-order valence-corrected chi connectivity index (χ4v) is 4.43. The molecule has 0 saturated carbocycles. The zero-order valence-electron chi connectivity index (χ0n) is 13.9. The predicted molar refractivity (Wildman–Crippen MR) is 102 cm³/mol. The van der Waals surface area contributed by atoms with Gasteiger partial charge in [-0.1, -0.05) is 29.5 Å². The van der Waals surface area contributed by atoms with E-state index in [0.717, 1.165) is 21.3 Å². The number of nitrogens with zero attached hydrogens (tertiary/aromatic N) is 1. The van der Waals surface area contributed by atoms with Crippen molar-refractivity contribution < 1.29 is 18.3 Å². The lowest BCUT2D eigenvalue weighted by Crippen LogP contribution is -2.26. The minimum atomic E-state index is -3.67. The number of anilines is 1. The highest BCUT2D eigenvalue weighted by molar-refractivity contribution is 7.89. The monoisotopic (exact) mass is 391 g/mol. The molecule has 0 spiro atoms. The number of aliphatic hydroxyl groups excluding tert-OH is 1. The van der Waals surface area contributed by atoms with E-state index < -0.39 is 10.0 Å². The molecule has 1 heterocycles. The Bertz CT molecular complexity index is 1060. The normalized spacial score (nSPS) is 11.6. The van der Waals surface area contributed by atoms with E-state index in [0.29, 0.717) is 5.13 Å². The number of amides is 1. The molecule has 3 aromatic rings. The fourth-order valence-electron chi connectivity index (χ4n) is 2.41. The third kappa shape index (κ3) is 4.07. The maximum absolute atomic E-state index is 12.2. The number of benzene rings is 2. The molecule has 0 unspecified atom stereocenters. The van der Waals surface area contributed by atoms with Crippen molar-refractivity contribution in [2.24, 2.45) is 0 Å². The average Bonchev–Trinajstić information content (AvgIpc) is 3.00. The number of aliphatic hydroxyl groups is 1. The molecule has 0 saturated heterocycles. The summed E-state index contributed by atoms with van der Waals surface area (Å²) in [5.41, 5.74) is 2.35. The maximum atomic E-state index is 12.2. The van der Waals surface area contributed by atoms with Gasteiger partial charge in [-0.3, -0.25) is 4.79 Å². The lowest BCUT2D eigenvalue weighted by molar-refractivity contribution is -0.114. The Morgan fingerprint density at radius 2 is 1.96 bits per heavy atom. The van der Waals surface area contributed by atoms with Gasteiger partial charge >= 0.3 is 0 Å². The van der Waals surface area contributed by atoms with E-state index in [2.05, 4.69) is 15.0 Å². The van der Waals surface area contributed by atoms with E-state index in [1.807, 2.05) is 24.3 Å². The molecule has 0 aliphatic rings. The third-order valence-corrected chi connectivity index (χ3v) is 5.95. The third-order valence-electron chi connectivity index (χ3n) is 3.55. The summed E-state index contributed by atoms with van der Waals surface area (Å²) in [4.78, 5) is 15.6. The minimum Gasteiger partial charge on any atom is -0.395 e. The molecule has 3 N–H and O–H groups in total. The molecule has 0 fully saturated rings. The Labute approximate surface area is 154 Å². The van der Waals surface area contributed by atoms with Crippen LogP contribution in [-0.2, 0) is 14.8 Å². The molecule has 26 heavy (non-hydrogen) atoms. The molecule has 7 nitrogen and oxygen atoms in total. The number of hydrogen-bond acceptors (Lipinski definition) is 6. The summed E-state index contributed by atoms with van der Waals surface area (Å²) in [5, 5.41) is 12.0. The van der Waals surface area contributed by atoms with E-state index in [9.17, 15) is 13.2 Å². The van der Waals surface area contributed by atoms with E-state index in [-0.39, 0.29) is 24.0 Å². The van der Waals surface area contributed by atoms with Gasteiger partial charge in [0.25, 0.3) is 0 Å². The molecule has 0 aliphatic heterocycles. The number of aromatic nitrogens is 1. The van der Waals surface area contributed by atoms with Gasteiger partial charge in [0.15, 0.2) is 5.13 Å². The van der Waals surface area contributed by atoms with E-state index >= 15 is 0 Å². The van der Waals surface area contributed by atoms with E-state index in [1.54, 1.807) is 12.1 Å². The standard InChI is InChI=1S/C17H17N3O4S2/c1-11(22)19-17-20-15-6-5-13(10-16(15)25-17)12-3-2-4-14(9-12)26(23,24)18-7-8-21/h2-6,9-10,18,21H,7-8H2,1H3,(H,19,20,22). The van der Waals surface area contributed by atoms with Crippen molar-refractivity contribution in [2.75, 3.05) is 18.5 Å². The quantitative estimate of drug-likeness (QED) is 0.597. The smallest absolute Gasteiger partial charge is 0.240 e. The average molecular weight is 391 g/mol. The summed E-state index contributed by atoms with van der Waals surface area (Å²) in [5.74, 6) is -0.183. The molecule has 3 rings (SSSR count). The van der Waals surface area contributed by atoms with Crippen LogP contribution in [-0.4, -0.2) is 37.6 Å². The summed E-state index contributed by atoms with van der Waals surface area (Å²) in [6.07, 6.45) is 0. The van der Waals surface area contributed by atoms with Gasteiger partial charge in [0, 0.05) is 13.5 Å². The molecular weight excluding hydrogens is 374 g/mol. The fraction of sp³-hybridized carbons (Fsp3) is 0.176. The molecular formula is C17H17N3O4S2. The van der Waals surface area contributed by atoms with Crippen molar-refractivity contribution in [2.45, 2.75) is 11.8 Å². The summed E-state index contributed by atoms with van der Waals surface area (Å²) in [6, 6.07) is 12.2. The van der Waals surface area contributed by atoms with E-state index in [1.165, 1.54) is 24.3 Å². The lowest BCUT2D eigenvalue weighted by atomic mass is 10.1. The van der Waals surface area contributed by atoms with Crippen molar-refractivity contribution in [3.8, 4) is 11.1 Å². The Morgan fingerprint density at radius 3 is 2.69 bits per heavy atom. The number of thiazole rings is 1. The van der Waals surface area contributed by atoms with Crippen LogP contribution in [0.4, 0.5) is 5.13 Å². The Hall–Kier alpha value is -2.33. The Kier molecular flexibility index (Phi) is 5.33. The maximum Gasteiger partial charge on any atom is 0.240 e. The van der Waals surface area contributed by atoms with Gasteiger partial charge in [-0.05, 0) is 35.4 Å². The van der Waals surface area contributed by atoms with Crippen LogP contribution in [0, 0.1) is 0 Å². The zero-order chi connectivity index (χ0) is 18.7. The lowest BCUT2D eigenvalue weighted by Gasteiger charge is -2.08. The van der Waals surface area contributed by atoms with Crippen molar-refractivity contribution in [1.29, 1.82) is 0 Å². The molecule has 0 bridgehead atoms. The number of sulfonamides is 1. The topological polar surface area (TPSA) is 108 Å². The van der Waals surface area contributed by atoms with Crippen LogP contribution in [0.5, 0.6) is 0 Å². The van der Waals surface area contributed by atoms with Gasteiger partial charge in [-0.25, -0.2) is 18.1 Å². The van der Waals surface area contributed by atoms with Gasteiger partial charge in [-0.2, -0.15) is 0 Å². The summed E-state index contributed by atoms with van der Waals surface area (Å²) in [6.45, 7) is 1.12. The molecule has 9 heteroatoms. The van der Waals surface area contributed by atoms with E-state index in [4.69, 9.17) is 5.11 Å². The highest BCUT2D eigenvalue weighted by Crippen LogP contribution is 2.31. The number of nitrogens with one attached hydrogen (secondary N) is 2. The number of carbonyl (C=O) groups is 1. The summed E-state index contributed by atoms with van der Waals surface area (Å²) >= 11 is 1.35. The zero-order valence-corrected chi connectivity index (χ0v) is 15.5. The van der Waals surface area contributed by atoms with Crippen LogP contribution in [0.25, 0.3) is 21.3 Å². The molecule has 136 valence electrons. The Balaban J connectivity index is 1.96. The summed E-state index contributed by atoms with van der Waals surface area (Å²) in [7, 11) is -3.67. The minimum absolute atomic E-state index is 0.0364. The van der Waals surface area contributed by atoms with Crippen LogP contribution in [0.2, 0.25) is 0 Å². The second-order valence-corrected chi connectivity index (χ2v) is 8.33. The SMILES string of the molecule is CC(=O)Nc1nc2ccc(-c3cccc(S(=O)(=O)NCCO)c3)cc2s1. The first-order valence-electron chi connectivity index (χ1n) is 7.78. The van der Waals surface area contributed by atoms with Crippen molar-refractivity contribution >= 4 is 42.6 Å². The first kappa shape index (κ1) is 18.5. The predicted octanol–water partition coefficient (Wildman–Crippen LogP) is 2.19. The number of rotatable bonds is 6. The van der Waals surface area contributed by atoms with Crippen LogP contribution in [0.3, 0.4) is 0 Å². The molecule has 0 radical (unpaired) electrons. The molecule has 1 amide bonds. The highest BCUT2D eigenvalue weighted by Gasteiger charge is 2.14.